The molecule has 9 heteroatoms. The molecule has 1 saturated heterocycles. The average molecular weight is 493 g/mol. The Morgan fingerprint density at radius 2 is 1.81 bits per heavy atom. The van der Waals surface area contributed by atoms with Crippen LogP contribution in [0.3, 0.4) is 0 Å². The third-order valence-corrected chi connectivity index (χ3v) is 6.54. The maximum atomic E-state index is 14.9. The van der Waals surface area contributed by atoms with Crippen molar-refractivity contribution in [1.29, 1.82) is 0 Å². The second kappa shape index (κ2) is 10.5. The number of likely N-dealkylation sites (N-methyl/N-ethyl adjacent to an activating group) is 1. The molecule has 190 valence electrons. The standard InChI is InChI=1S/C27H33FN6O2/c1-6-20-23(22-19(28)8-7-9-21(22)36-5)32-27(24(31-20)26(29)35)30-18-14-16(2)25(17(3)15-18)34-12-10-33(4)11-13-34/h7-9,14-15H,6,10-13H2,1-5H3,(H2,29,35)(H,30,32). The molecular weight excluding hydrogens is 459 g/mol. The Bertz CT molecular complexity index is 1260. The third kappa shape index (κ3) is 4.97. The van der Waals surface area contributed by atoms with Crippen LogP contribution in [0.15, 0.2) is 30.3 Å². The van der Waals surface area contributed by atoms with Crippen LogP contribution in [0.25, 0.3) is 11.3 Å². The minimum Gasteiger partial charge on any atom is -0.496 e. The predicted molar refractivity (Wildman–Crippen MR) is 141 cm³/mol. The van der Waals surface area contributed by atoms with E-state index in [4.69, 9.17) is 10.5 Å². The van der Waals surface area contributed by atoms with Gasteiger partial charge < -0.3 is 25.6 Å². The Kier molecular flexibility index (Phi) is 7.40. The first-order valence-electron chi connectivity index (χ1n) is 12.1. The molecule has 8 nitrogen and oxygen atoms in total. The van der Waals surface area contributed by atoms with E-state index in [2.05, 4.69) is 46.0 Å². The van der Waals surface area contributed by atoms with Gasteiger partial charge in [-0.2, -0.15) is 0 Å². The highest BCUT2D eigenvalue weighted by atomic mass is 19.1. The molecule has 4 rings (SSSR count). The minimum absolute atomic E-state index is 0.00403. The van der Waals surface area contributed by atoms with Crippen LogP contribution in [0.4, 0.5) is 21.6 Å². The van der Waals surface area contributed by atoms with Crippen molar-refractivity contribution < 1.29 is 13.9 Å². The summed E-state index contributed by atoms with van der Waals surface area (Å²) in [6, 6.07) is 8.62. The van der Waals surface area contributed by atoms with Crippen molar-refractivity contribution in [2.24, 2.45) is 5.73 Å². The molecule has 3 N–H and O–H groups in total. The van der Waals surface area contributed by atoms with Gasteiger partial charge in [0, 0.05) is 37.6 Å². The number of methoxy groups -OCH3 is 1. The maximum absolute atomic E-state index is 14.9. The highest BCUT2D eigenvalue weighted by Gasteiger charge is 2.23. The number of amides is 1. The molecule has 0 saturated carbocycles. The zero-order chi connectivity index (χ0) is 26.0. The molecule has 3 aromatic rings. The summed E-state index contributed by atoms with van der Waals surface area (Å²) in [5.41, 5.74) is 10.8. The Labute approximate surface area is 211 Å². The van der Waals surface area contributed by atoms with Crippen LogP contribution in [0.1, 0.15) is 34.2 Å². The van der Waals surface area contributed by atoms with Gasteiger partial charge in [0.05, 0.1) is 18.4 Å². The summed E-state index contributed by atoms with van der Waals surface area (Å²) in [4.78, 5) is 26.2. The van der Waals surface area contributed by atoms with Gasteiger partial charge in [-0.3, -0.25) is 4.79 Å². The number of nitrogens with two attached hydrogens (primary N) is 1. The van der Waals surface area contributed by atoms with Gasteiger partial charge in [0.15, 0.2) is 11.5 Å². The minimum atomic E-state index is -0.714. The Balaban J connectivity index is 1.78. The quantitative estimate of drug-likeness (QED) is 0.513. The number of hydrogen-bond acceptors (Lipinski definition) is 7. The molecule has 0 unspecified atom stereocenters. The molecule has 0 spiro atoms. The largest absolute Gasteiger partial charge is 0.496 e. The molecule has 1 aliphatic rings. The van der Waals surface area contributed by atoms with Crippen LogP contribution in [0, 0.1) is 19.7 Å². The first kappa shape index (κ1) is 25.4. The molecule has 1 aromatic heterocycles. The Morgan fingerprint density at radius 3 is 2.39 bits per heavy atom. The van der Waals surface area contributed by atoms with Gasteiger partial charge in [0.25, 0.3) is 5.91 Å². The lowest BCUT2D eigenvalue weighted by atomic mass is 10.0. The molecule has 1 fully saturated rings. The lowest BCUT2D eigenvalue weighted by molar-refractivity contribution is 0.0996. The third-order valence-electron chi connectivity index (χ3n) is 6.54. The van der Waals surface area contributed by atoms with Gasteiger partial charge in [0.1, 0.15) is 17.3 Å². The van der Waals surface area contributed by atoms with Crippen molar-refractivity contribution in [3.05, 3.63) is 58.7 Å². The van der Waals surface area contributed by atoms with Crippen LogP contribution < -0.4 is 20.7 Å². The number of benzene rings is 2. The van der Waals surface area contributed by atoms with Crippen molar-refractivity contribution in [3.63, 3.8) is 0 Å². The van der Waals surface area contributed by atoms with Crippen molar-refractivity contribution in [2.75, 3.05) is 50.6 Å². The summed E-state index contributed by atoms with van der Waals surface area (Å²) < 4.78 is 20.3. The number of hydrogen-bond donors (Lipinski definition) is 2. The van der Waals surface area contributed by atoms with Crippen molar-refractivity contribution in [1.82, 2.24) is 14.9 Å². The van der Waals surface area contributed by atoms with Gasteiger partial charge in [-0.25, -0.2) is 14.4 Å². The topological polar surface area (TPSA) is 96.6 Å². The number of anilines is 3. The van der Waals surface area contributed by atoms with Crippen LogP contribution in [0.5, 0.6) is 5.75 Å². The monoisotopic (exact) mass is 492 g/mol. The number of rotatable bonds is 7. The lowest BCUT2D eigenvalue weighted by Crippen LogP contribution is -2.45. The number of carbonyl (C=O) groups is 1. The van der Waals surface area contributed by atoms with Crippen molar-refractivity contribution in [3.8, 4) is 17.0 Å². The van der Waals surface area contributed by atoms with Gasteiger partial charge in [0.2, 0.25) is 0 Å². The molecule has 36 heavy (non-hydrogen) atoms. The van der Waals surface area contributed by atoms with E-state index < -0.39 is 11.7 Å². The van der Waals surface area contributed by atoms with Crippen LogP contribution >= 0.6 is 0 Å². The molecule has 0 atom stereocenters. The smallest absolute Gasteiger partial charge is 0.271 e. The summed E-state index contributed by atoms with van der Waals surface area (Å²) in [6.07, 6.45) is 0.429. The molecule has 0 bridgehead atoms. The molecular formula is C27H33FN6O2. The summed E-state index contributed by atoms with van der Waals surface area (Å²) in [6.45, 7) is 9.97. The number of carbonyl (C=O) groups excluding carboxylic acids is 1. The zero-order valence-corrected chi connectivity index (χ0v) is 21.5. The molecule has 0 aliphatic carbocycles. The number of aryl methyl sites for hydroxylation is 3. The van der Waals surface area contributed by atoms with Crippen LogP contribution in [-0.2, 0) is 6.42 Å². The lowest BCUT2D eigenvalue weighted by Gasteiger charge is -2.36. The van der Waals surface area contributed by atoms with E-state index in [9.17, 15) is 9.18 Å². The number of ether oxygens (including phenoxy) is 1. The van der Waals surface area contributed by atoms with Gasteiger partial charge in [-0.05, 0) is 62.7 Å². The van der Waals surface area contributed by atoms with Gasteiger partial charge in [-0.1, -0.05) is 13.0 Å². The molecule has 2 aromatic carbocycles. The SMILES string of the molecule is CCc1nc(C(N)=O)c(Nc2cc(C)c(N3CCN(C)CC3)c(C)c2)nc1-c1c(F)cccc1OC. The Hall–Kier alpha value is -3.72. The first-order valence-corrected chi connectivity index (χ1v) is 12.1. The van der Waals surface area contributed by atoms with Gasteiger partial charge in [-0.15, -0.1) is 0 Å². The summed E-state index contributed by atoms with van der Waals surface area (Å²) in [7, 11) is 3.61. The number of halogens is 1. The fourth-order valence-corrected chi connectivity index (χ4v) is 4.77. The summed E-state index contributed by atoms with van der Waals surface area (Å²) >= 11 is 0. The normalized spacial score (nSPS) is 14.1. The second-order valence-electron chi connectivity index (χ2n) is 9.12. The van der Waals surface area contributed by atoms with Crippen molar-refractivity contribution >= 4 is 23.1 Å². The summed E-state index contributed by atoms with van der Waals surface area (Å²) in [5, 5.41) is 3.23. The number of piperazine rings is 1. The van der Waals surface area contributed by atoms with Gasteiger partial charge >= 0.3 is 0 Å². The molecule has 1 aliphatic heterocycles. The number of primary amides is 1. The fourth-order valence-electron chi connectivity index (χ4n) is 4.77. The molecule has 2 heterocycles. The predicted octanol–water partition coefficient (Wildman–Crippen LogP) is 4.06. The summed E-state index contributed by atoms with van der Waals surface area (Å²) in [5.74, 6) is -0.695. The number of nitrogens with zero attached hydrogens (tertiary/aromatic N) is 4. The van der Waals surface area contributed by atoms with E-state index in [1.807, 2.05) is 19.1 Å². The first-order chi connectivity index (χ1) is 17.2. The van der Waals surface area contributed by atoms with Crippen LogP contribution in [-0.4, -0.2) is 61.1 Å². The van der Waals surface area contributed by atoms with E-state index in [0.717, 1.165) is 43.0 Å². The highest BCUT2D eigenvalue weighted by Crippen LogP contribution is 2.36. The average Bonchev–Trinajstić information content (AvgIpc) is 2.84. The van der Waals surface area contributed by atoms with E-state index in [1.165, 1.54) is 18.9 Å². The number of nitrogens with one attached hydrogen (secondary N) is 1. The fraction of sp³-hybridized carbons (Fsp3) is 0.370. The number of aromatic nitrogens is 2. The van der Waals surface area contributed by atoms with E-state index in [0.29, 0.717) is 23.6 Å². The van der Waals surface area contributed by atoms with Crippen LogP contribution in [0.2, 0.25) is 0 Å². The zero-order valence-electron chi connectivity index (χ0n) is 21.5. The van der Waals surface area contributed by atoms with E-state index >= 15 is 0 Å². The van der Waals surface area contributed by atoms with Crippen molar-refractivity contribution in [2.45, 2.75) is 27.2 Å². The van der Waals surface area contributed by atoms with E-state index in [-0.39, 0.29) is 17.1 Å². The molecule has 0 radical (unpaired) electrons. The maximum Gasteiger partial charge on any atom is 0.271 e. The van der Waals surface area contributed by atoms with E-state index in [1.54, 1.807) is 12.1 Å². The Morgan fingerprint density at radius 1 is 1.14 bits per heavy atom. The second-order valence-corrected chi connectivity index (χ2v) is 9.12. The highest BCUT2D eigenvalue weighted by molar-refractivity contribution is 5.97. The molecule has 1 amide bonds.